The molecule has 118 valence electrons. The zero-order valence-corrected chi connectivity index (χ0v) is 12.9. The van der Waals surface area contributed by atoms with Gasteiger partial charge >= 0.3 is 0 Å². The third kappa shape index (κ3) is 3.15. The highest BCUT2D eigenvalue weighted by atomic mass is 16.5. The Morgan fingerprint density at radius 3 is 3.00 bits per heavy atom. The van der Waals surface area contributed by atoms with Crippen LogP contribution in [0.25, 0.3) is 11.0 Å². The number of nitrogens with zero attached hydrogens (tertiary/aromatic N) is 2. The van der Waals surface area contributed by atoms with E-state index in [9.17, 15) is 4.79 Å². The summed E-state index contributed by atoms with van der Waals surface area (Å²) in [5.41, 5.74) is 0.954. The molecule has 2 aromatic heterocycles. The maximum Gasteiger partial charge on any atom is 0.272 e. The van der Waals surface area contributed by atoms with Gasteiger partial charge in [0.05, 0.1) is 18.8 Å². The summed E-state index contributed by atoms with van der Waals surface area (Å²) in [4.78, 5) is 20.0. The Morgan fingerprint density at radius 2 is 2.26 bits per heavy atom. The van der Waals surface area contributed by atoms with Crippen LogP contribution in [0, 0.1) is 0 Å². The van der Waals surface area contributed by atoms with Crippen molar-refractivity contribution in [3.63, 3.8) is 0 Å². The SMILES string of the molecule is CCOc1cccc2cc(C(C)NC(=O)c3cnccn3)oc12. The molecule has 0 aliphatic rings. The number of fused-ring (bicyclic) bond motifs is 1. The lowest BCUT2D eigenvalue weighted by molar-refractivity contribution is 0.0930. The highest BCUT2D eigenvalue weighted by Crippen LogP contribution is 2.31. The Hall–Kier alpha value is -2.89. The number of carbonyl (C=O) groups excluding carboxylic acids is 1. The van der Waals surface area contributed by atoms with E-state index in [0.717, 1.165) is 5.39 Å². The van der Waals surface area contributed by atoms with Gasteiger partial charge in [0.2, 0.25) is 0 Å². The Bertz CT molecular complexity index is 814. The number of para-hydroxylation sites is 1. The molecular formula is C17H17N3O3. The average molecular weight is 311 g/mol. The molecule has 1 aromatic carbocycles. The van der Waals surface area contributed by atoms with Crippen molar-refractivity contribution < 1.29 is 13.9 Å². The number of carbonyl (C=O) groups is 1. The summed E-state index contributed by atoms with van der Waals surface area (Å²) in [5, 5.41) is 3.79. The second kappa shape index (κ2) is 6.48. The van der Waals surface area contributed by atoms with Crippen molar-refractivity contribution in [1.29, 1.82) is 0 Å². The highest BCUT2D eigenvalue weighted by molar-refractivity contribution is 5.92. The Morgan fingerprint density at radius 1 is 1.39 bits per heavy atom. The molecule has 6 heteroatoms. The summed E-state index contributed by atoms with van der Waals surface area (Å²) in [6.45, 7) is 4.34. The van der Waals surface area contributed by atoms with Crippen molar-refractivity contribution in [1.82, 2.24) is 15.3 Å². The number of hydrogen-bond donors (Lipinski definition) is 1. The Labute approximate surface area is 133 Å². The summed E-state index contributed by atoms with van der Waals surface area (Å²) in [7, 11) is 0. The minimum atomic E-state index is -0.300. The smallest absolute Gasteiger partial charge is 0.272 e. The van der Waals surface area contributed by atoms with Crippen LogP contribution in [0.2, 0.25) is 0 Å². The number of furan rings is 1. The van der Waals surface area contributed by atoms with Gasteiger partial charge in [-0.25, -0.2) is 4.98 Å². The molecule has 1 N–H and O–H groups in total. The molecule has 3 aromatic rings. The molecule has 2 heterocycles. The van der Waals surface area contributed by atoms with E-state index < -0.39 is 0 Å². The molecule has 0 saturated heterocycles. The molecule has 0 bridgehead atoms. The summed E-state index contributed by atoms with van der Waals surface area (Å²) in [5.74, 6) is 1.06. The molecule has 1 unspecified atom stereocenters. The standard InChI is InChI=1S/C17H17N3O3/c1-3-22-14-6-4-5-12-9-15(23-16(12)14)11(2)20-17(21)13-10-18-7-8-19-13/h4-11H,3H2,1-2H3,(H,20,21). The number of benzene rings is 1. The van der Waals surface area contributed by atoms with Crippen molar-refractivity contribution in [2.75, 3.05) is 6.61 Å². The van der Waals surface area contributed by atoms with Gasteiger partial charge in [-0.15, -0.1) is 0 Å². The van der Waals surface area contributed by atoms with Crippen molar-refractivity contribution in [3.8, 4) is 5.75 Å². The third-order valence-corrected chi connectivity index (χ3v) is 3.40. The maximum atomic E-state index is 12.1. The van der Waals surface area contributed by atoms with Gasteiger partial charge in [0.1, 0.15) is 11.5 Å². The molecule has 1 atom stereocenters. The van der Waals surface area contributed by atoms with Gasteiger partial charge in [-0.3, -0.25) is 9.78 Å². The lowest BCUT2D eigenvalue weighted by Crippen LogP contribution is -2.27. The Kier molecular flexibility index (Phi) is 4.23. The predicted octanol–water partition coefficient (Wildman–Crippen LogP) is 3.11. The van der Waals surface area contributed by atoms with Gasteiger partial charge in [-0.2, -0.15) is 0 Å². The molecule has 0 fully saturated rings. The first-order valence-corrected chi connectivity index (χ1v) is 7.41. The Balaban J connectivity index is 1.82. The van der Waals surface area contributed by atoms with E-state index in [1.54, 1.807) is 0 Å². The van der Waals surface area contributed by atoms with Gasteiger partial charge in [0.15, 0.2) is 11.3 Å². The van der Waals surface area contributed by atoms with Crippen LogP contribution in [-0.2, 0) is 0 Å². The largest absolute Gasteiger partial charge is 0.490 e. The monoisotopic (exact) mass is 311 g/mol. The summed E-state index contributed by atoms with van der Waals surface area (Å²) >= 11 is 0. The molecule has 23 heavy (non-hydrogen) atoms. The lowest BCUT2D eigenvalue weighted by Gasteiger charge is -2.10. The van der Waals surface area contributed by atoms with Gasteiger partial charge < -0.3 is 14.5 Å². The normalized spacial score (nSPS) is 12.1. The van der Waals surface area contributed by atoms with Crippen LogP contribution in [0.3, 0.4) is 0 Å². The van der Waals surface area contributed by atoms with Gasteiger partial charge in [-0.05, 0) is 26.0 Å². The van der Waals surface area contributed by atoms with Crippen LogP contribution >= 0.6 is 0 Å². The number of nitrogens with one attached hydrogen (secondary N) is 1. The first-order valence-electron chi connectivity index (χ1n) is 7.41. The quantitative estimate of drug-likeness (QED) is 0.783. The van der Waals surface area contributed by atoms with Crippen LogP contribution in [0.5, 0.6) is 5.75 Å². The number of ether oxygens (including phenoxy) is 1. The fraction of sp³-hybridized carbons (Fsp3) is 0.235. The second-order valence-electron chi connectivity index (χ2n) is 5.04. The lowest BCUT2D eigenvalue weighted by atomic mass is 10.2. The first-order chi connectivity index (χ1) is 11.2. The van der Waals surface area contributed by atoms with E-state index >= 15 is 0 Å². The fourth-order valence-corrected chi connectivity index (χ4v) is 2.30. The highest BCUT2D eigenvalue weighted by Gasteiger charge is 2.17. The summed E-state index contributed by atoms with van der Waals surface area (Å²) in [6, 6.07) is 7.32. The van der Waals surface area contributed by atoms with E-state index in [-0.39, 0.29) is 17.6 Å². The van der Waals surface area contributed by atoms with E-state index in [2.05, 4.69) is 15.3 Å². The molecule has 3 rings (SSSR count). The van der Waals surface area contributed by atoms with E-state index in [1.165, 1.54) is 18.6 Å². The van der Waals surface area contributed by atoms with Crippen molar-refractivity contribution in [2.24, 2.45) is 0 Å². The molecule has 1 amide bonds. The number of amides is 1. The third-order valence-electron chi connectivity index (χ3n) is 3.40. The first kappa shape index (κ1) is 15.0. The van der Waals surface area contributed by atoms with Crippen LogP contribution in [0.1, 0.15) is 36.1 Å². The number of aromatic nitrogens is 2. The van der Waals surface area contributed by atoms with Crippen molar-refractivity contribution in [2.45, 2.75) is 19.9 Å². The molecule has 0 aliphatic heterocycles. The predicted molar refractivity (Wildman–Crippen MR) is 85.3 cm³/mol. The molecular weight excluding hydrogens is 294 g/mol. The minimum Gasteiger partial charge on any atom is -0.490 e. The van der Waals surface area contributed by atoms with Crippen molar-refractivity contribution >= 4 is 16.9 Å². The number of hydrogen-bond acceptors (Lipinski definition) is 5. The number of rotatable bonds is 5. The van der Waals surface area contributed by atoms with Crippen LogP contribution in [0.4, 0.5) is 0 Å². The van der Waals surface area contributed by atoms with Crippen LogP contribution < -0.4 is 10.1 Å². The fourth-order valence-electron chi connectivity index (χ4n) is 2.30. The maximum absolute atomic E-state index is 12.1. The summed E-state index contributed by atoms with van der Waals surface area (Å²) in [6.07, 6.45) is 4.43. The van der Waals surface area contributed by atoms with Crippen LogP contribution in [-0.4, -0.2) is 22.5 Å². The molecule has 6 nitrogen and oxygen atoms in total. The molecule has 0 radical (unpaired) electrons. The topological polar surface area (TPSA) is 77.2 Å². The van der Waals surface area contributed by atoms with Gasteiger partial charge in [0.25, 0.3) is 5.91 Å². The second-order valence-corrected chi connectivity index (χ2v) is 5.04. The van der Waals surface area contributed by atoms with Gasteiger partial charge in [0, 0.05) is 17.8 Å². The zero-order valence-electron chi connectivity index (χ0n) is 12.9. The van der Waals surface area contributed by atoms with E-state index in [4.69, 9.17) is 9.15 Å². The molecule has 0 aliphatic carbocycles. The summed E-state index contributed by atoms with van der Waals surface area (Å²) < 4.78 is 11.4. The van der Waals surface area contributed by atoms with E-state index in [0.29, 0.717) is 23.7 Å². The molecule has 0 saturated carbocycles. The van der Waals surface area contributed by atoms with E-state index in [1.807, 2.05) is 38.1 Å². The average Bonchev–Trinajstić information content (AvgIpc) is 3.01. The van der Waals surface area contributed by atoms with Crippen molar-refractivity contribution in [3.05, 3.63) is 54.3 Å². The molecule has 0 spiro atoms. The zero-order chi connectivity index (χ0) is 16.2. The van der Waals surface area contributed by atoms with Gasteiger partial charge in [-0.1, -0.05) is 12.1 Å². The minimum absolute atomic E-state index is 0.269. The van der Waals surface area contributed by atoms with Crippen LogP contribution in [0.15, 0.2) is 47.3 Å².